The highest BCUT2D eigenvalue weighted by atomic mass is 32.1. The molecule has 0 bridgehead atoms. The van der Waals surface area contributed by atoms with Crippen LogP contribution < -0.4 is 5.32 Å². The summed E-state index contributed by atoms with van der Waals surface area (Å²) in [5.74, 6) is 0.584. The van der Waals surface area contributed by atoms with Crippen molar-refractivity contribution in [2.24, 2.45) is 5.92 Å². The number of nitrogens with one attached hydrogen (secondary N) is 1. The zero-order valence-electron chi connectivity index (χ0n) is 11.7. The maximum atomic E-state index is 12.0. The van der Waals surface area contributed by atoms with E-state index in [0.717, 1.165) is 0 Å². The summed E-state index contributed by atoms with van der Waals surface area (Å²) in [6.45, 7) is 4.05. The van der Waals surface area contributed by atoms with Crippen molar-refractivity contribution in [3.8, 4) is 0 Å². The Hall–Kier alpha value is -0.870. The van der Waals surface area contributed by atoms with Gasteiger partial charge in [0, 0.05) is 4.88 Å². The van der Waals surface area contributed by atoms with Gasteiger partial charge >= 0.3 is 0 Å². The Labute approximate surface area is 119 Å². The third kappa shape index (κ3) is 4.32. The summed E-state index contributed by atoms with van der Waals surface area (Å²) < 4.78 is 5.38. The van der Waals surface area contributed by atoms with Gasteiger partial charge in [-0.2, -0.15) is 0 Å². The quantitative estimate of drug-likeness (QED) is 0.866. The van der Waals surface area contributed by atoms with E-state index >= 15 is 0 Å². The number of carbonyl (C=O) groups is 1. The second-order valence-corrected chi connectivity index (χ2v) is 6.44. The van der Waals surface area contributed by atoms with Crippen LogP contribution in [0, 0.1) is 5.92 Å². The van der Waals surface area contributed by atoms with Crippen LogP contribution in [-0.4, -0.2) is 18.6 Å². The van der Waals surface area contributed by atoms with Crippen LogP contribution in [0.3, 0.4) is 0 Å². The predicted octanol–water partition coefficient (Wildman–Crippen LogP) is 3.52. The summed E-state index contributed by atoms with van der Waals surface area (Å²) in [5.41, 5.74) is 0. The molecular formula is C15H23NO2S. The zero-order chi connectivity index (χ0) is 13.7. The van der Waals surface area contributed by atoms with Gasteiger partial charge in [0.15, 0.2) is 0 Å². The molecule has 1 aromatic heterocycles. The molecule has 1 amide bonds. The highest BCUT2D eigenvalue weighted by Gasteiger charge is 2.28. The molecular weight excluding hydrogens is 258 g/mol. The first-order valence-electron chi connectivity index (χ1n) is 7.11. The van der Waals surface area contributed by atoms with Crippen LogP contribution in [0.25, 0.3) is 0 Å². The Morgan fingerprint density at radius 3 is 2.79 bits per heavy atom. The average Bonchev–Trinajstić information content (AvgIpc) is 3.05. The van der Waals surface area contributed by atoms with E-state index in [1.165, 1.54) is 30.6 Å². The van der Waals surface area contributed by atoms with E-state index in [-0.39, 0.29) is 24.7 Å². The minimum atomic E-state index is -0.000926. The van der Waals surface area contributed by atoms with Crippen molar-refractivity contribution < 1.29 is 9.53 Å². The molecule has 0 aliphatic heterocycles. The molecule has 1 aromatic rings. The molecule has 1 heterocycles. The van der Waals surface area contributed by atoms with Crippen LogP contribution in [0.15, 0.2) is 17.5 Å². The highest BCUT2D eigenvalue weighted by molar-refractivity contribution is 7.10. The first-order valence-corrected chi connectivity index (χ1v) is 7.99. The lowest BCUT2D eigenvalue weighted by molar-refractivity contribution is -0.128. The fourth-order valence-electron chi connectivity index (χ4n) is 2.64. The Kier molecular flexibility index (Phi) is 5.40. The van der Waals surface area contributed by atoms with E-state index in [2.05, 4.69) is 22.8 Å². The molecule has 0 aromatic carbocycles. The molecule has 1 saturated carbocycles. The average molecular weight is 281 g/mol. The third-order valence-electron chi connectivity index (χ3n) is 3.59. The van der Waals surface area contributed by atoms with Crippen molar-refractivity contribution in [2.75, 3.05) is 6.61 Å². The van der Waals surface area contributed by atoms with Crippen LogP contribution in [0.1, 0.15) is 50.4 Å². The topological polar surface area (TPSA) is 38.3 Å². The van der Waals surface area contributed by atoms with E-state index in [1.54, 1.807) is 11.3 Å². The van der Waals surface area contributed by atoms with Gasteiger partial charge in [-0.25, -0.2) is 0 Å². The molecule has 3 nitrogen and oxygen atoms in total. The maximum absolute atomic E-state index is 12.0. The number of hydrogen-bond acceptors (Lipinski definition) is 3. The first kappa shape index (κ1) is 14.5. The van der Waals surface area contributed by atoms with Gasteiger partial charge in [0.1, 0.15) is 6.61 Å². The largest absolute Gasteiger partial charge is 0.369 e. The molecule has 1 aliphatic rings. The van der Waals surface area contributed by atoms with E-state index in [1.807, 2.05) is 13.8 Å². The molecule has 1 fully saturated rings. The summed E-state index contributed by atoms with van der Waals surface area (Å²) in [6.07, 6.45) is 5.09. The van der Waals surface area contributed by atoms with Crippen molar-refractivity contribution in [3.63, 3.8) is 0 Å². The summed E-state index contributed by atoms with van der Waals surface area (Å²) in [6, 6.07) is 4.35. The van der Waals surface area contributed by atoms with Crippen LogP contribution in [0.5, 0.6) is 0 Å². The molecule has 106 valence electrons. The van der Waals surface area contributed by atoms with Gasteiger partial charge in [-0.3, -0.25) is 4.79 Å². The molecule has 0 radical (unpaired) electrons. The molecule has 1 aliphatic carbocycles. The van der Waals surface area contributed by atoms with Crippen molar-refractivity contribution in [3.05, 3.63) is 22.4 Å². The van der Waals surface area contributed by atoms with Gasteiger partial charge in [-0.1, -0.05) is 18.9 Å². The number of rotatable bonds is 6. The fourth-order valence-corrected chi connectivity index (χ4v) is 3.51. The van der Waals surface area contributed by atoms with Crippen LogP contribution >= 0.6 is 11.3 Å². The highest BCUT2D eigenvalue weighted by Crippen LogP contribution is 2.37. The number of ether oxygens (including phenoxy) is 1. The van der Waals surface area contributed by atoms with Gasteiger partial charge in [0.25, 0.3) is 0 Å². The van der Waals surface area contributed by atoms with Gasteiger partial charge in [-0.05, 0) is 44.1 Å². The third-order valence-corrected chi connectivity index (χ3v) is 4.54. The summed E-state index contributed by atoms with van der Waals surface area (Å²) in [4.78, 5) is 13.2. The molecule has 2 rings (SSSR count). The Morgan fingerprint density at radius 1 is 1.47 bits per heavy atom. The monoisotopic (exact) mass is 281 g/mol. The van der Waals surface area contributed by atoms with Crippen LogP contribution in [-0.2, 0) is 9.53 Å². The number of amides is 1. The second-order valence-electron chi connectivity index (χ2n) is 5.46. The lowest BCUT2D eigenvalue weighted by Crippen LogP contribution is -2.35. The Balaban J connectivity index is 1.96. The summed E-state index contributed by atoms with van der Waals surface area (Å²) >= 11 is 1.73. The minimum absolute atomic E-state index is 0.000926. The van der Waals surface area contributed by atoms with Crippen molar-refractivity contribution >= 4 is 17.2 Å². The van der Waals surface area contributed by atoms with Crippen molar-refractivity contribution in [2.45, 2.75) is 51.7 Å². The van der Waals surface area contributed by atoms with Crippen molar-refractivity contribution in [1.82, 2.24) is 5.32 Å². The number of hydrogen-bond donors (Lipinski definition) is 1. The molecule has 0 spiro atoms. The maximum Gasteiger partial charge on any atom is 0.246 e. The smallest absolute Gasteiger partial charge is 0.246 e. The summed E-state index contributed by atoms with van der Waals surface area (Å²) in [5, 5.41) is 5.24. The van der Waals surface area contributed by atoms with Crippen LogP contribution in [0.4, 0.5) is 0 Å². The van der Waals surface area contributed by atoms with Gasteiger partial charge in [0.05, 0.1) is 12.1 Å². The molecule has 1 N–H and O–H groups in total. The normalized spacial score (nSPS) is 17.8. The van der Waals surface area contributed by atoms with Gasteiger partial charge in [0.2, 0.25) is 5.91 Å². The lowest BCUT2D eigenvalue weighted by atomic mass is 9.96. The van der Waals surface area contributed by atoms with E-state index in [4.69, 9.17) is 4.74 Å². The zero-order valence-corrected chi connectivity index (χ0v) is 12.5. The predicted molar refractivity (Wildman–Crippen MR) is 78.2 cm³/mol. The molecule has 0 saturated heterocycles. The number of carbonyl (C=O) groups excluding carboxylic acids is 1. The molecule has 1 unspecified atom stereocenters. The van der Waals surface area contributed by atoms with Gasteiger partial charge in [-0.15, -0.1) is 11.3 Å². The molecule has 4 heteroatoms. The van der Waals surface area contributed by atoms with Gasteiger partial charge < -0.3 is 10.1 Å². The SMILES string of the molecule is CC(C)OCC(=O)NC(c1cccs1)C1CCCC1. The lowest BCUT2D eigenvalue weighted by Gasteiger charge is -2.24. The van der Waals surface area contributed by atoms with E-state index < -0.39 is 0 Å². The van der Waals surface area contributed by atoms with E-state index in [9.17, 15) is 4.79 Å². The van der Waals surface area contributed by atoms with Crippen LogP contribution in [0.2, 0.25) is 0 Å². The Bertz CT molecular complexity index is 383. The molecule has 19 heavy (non-hydrogen) atoms. The van der Waals surface area contributed by atoms with E-state index in [0.29, 0.717) is 5.92 Å². The van der Waals surface area contributed by atoms with Crippen molar-refractivity contribution in [1.29, 1.82) is 0 Å². The first-order chi connectivity index (χ1) is 9.16. The number of thiophene rings is 1. The Morgan fingerprint density at radius 2 is 2.21 bits per heavy atom. The molecule has 1 atom stereocenters. The second kappa shape index (κ2) is 7.06. The summed E-state index contributed by atoms with van der Waals surface area (Å²) in [7, 11) is 0. The fraction of sp³-hybridized carbons (Fsp3) is 0.667. The minimum Gasteiger partial charge on any atom is -0.369 e. The standard InChI is InChI=1S/C15H23NO2S/c1-11(2)18-10-14(17)16-15(12-6-3-4-7-12)13-8-5-9-19-13/h5,8-9,11-12,15H,3-4,6-7,10H2,1-2H3,(H,16,17).